The summed E-state index contributed by atoms with van der Waals surface area (Å²) < 4.78 is 11.7. The van der Waals surface area contributed by atoms with Crippen molar-refractivity contribution in [1.29, 1.82) is 0 Å². The molecule has 0 saturated carbocycles. The normalized spacial score (nSPS) is 11.3. The Morgan fingerprint density at radius 1 is 0.929 bits per heavy atom. The van der Waals surface area contributed by atoms with Gasteiger partial charge in [-0.1, -0.05) is 30.3 Å². The van der Waals surface area contributed by atoms with Crippen molar-refractivity contribution in [3.63, 3.8) is 0 Å². The second-order valence-electron chi connectivity index (χ2n) is 7.76. The first-order valence-corrected chi connectivity index (χ1v) is 9.55. The fourth-order valence-electron chi connectivity index (χ4n) is 2.96. The van der Waals surface area contributed by atoms with Gasteiger partial charge in [0.15, 0.2) is 0 Å². The summed E-state index contributed by atoms with van der Waals surface area (Å²) in [6.45, 7) is 8.70. The van der Waals surface area contributed by atoms with Crippen molar-refractivity contribution in [3.05, 3.63) is 71.8 Å². The van der Waals surface area contributed by atoms with Gasteiger partial charge in [-0.2, -0.15) is 0 Å². The summed E-state index contributed by atoms with van der Waals surface area (Å²) in [4.78, 5) is 12.5. The molecular weight excluding hydrogens is 350 g/mol. The lowest BCUT2D eigenvalue weighted by Gasteiger charge is -2.21. The lowest BCUT2D eigenvalue weighted by atomic mass is 10.1. The van der Waals surface area contributed by atoms with Gasteiger partial charge in [0.1, 0.15) is 18.1 Å². The minimum Gasteiger partial charge on any atom is -0.493 e. The molecule has 0 spiro atoms. The summed E-state index contributed by atoms with van der Waals surface area (Å²) in [6.07, 6.45) is 0. The molecule has 1 N–H and O–H groups in total. The van der Waals surface area contributed by atoms with Crippen LogP contribution in [0.5, 0.6) is 11.5 Å². The Morgan fingerprint density at radius 2 is 1.68 bits per heavy atom. The Bertz CT molecular complexity index is 973. The number of benzene rings is 3. The van der Waals surface area contributed by atoms with E-state index in [-0.39, 0.29) is 11.4 Å². The van der Waals surface area contributed by atoms with Crippen molar-refractivity contribution in [2.24, 2.45) is 0 Å². The van der Waals surface area contributed by atoms with Crippen molar-refractivity contribution in [1.82, 2.24) is 5.32 Å². The molecule has 0 bridgehead atoms. The van der Waals surface area contributed by atoms with E-state index in [2.05, 4.69) is 17.4 Å². The fraction of sp³-hybridized carbons (Fsp3) is 0.292. The van der Waals surface area contributed by atoms with Crippen molar-refractivity contribution >= 4 is 16.7 Å². The van der Waals surface area contributed by atoms with Crippen LogP contribution in [0.2, 0.25) is 0 Å². The van der Waals surface area contributed by atoms with Gasteiger partial charge in [0.25, 0.3) is 5.91 Å². The van der Waals surface area contributed by atoms with Gasteiger partial charge in [0.2, 0.25) is 0 Å². The van der Waals surface area contributed by atoms with E-state index < -0.39 is 0 Å². The van der Waals surface area contributed by atoms with Crippen LogP contribution >= 0.6 is 0 Å². The highest BCUT2D eigenvalue weighted by Gasteiger charge is 2.17. The molecule has 3 aromatic carbocycles. The standard InChI is InChI=1S/C24H27NO3/c1-5-27-22-13-11-19(23(26)25-24(2,3)4)14-20(22)16-28-21-12-10-17-8-6-7-9-18(17)15-21/h6-15H,5,16H2,1-4H3,(H,25,26). The second-order valence-corrected chi connectivity index (χ2v) is 7.76. The molecule has 28 heavy (non-hydrogen) atoms. The van der Waals surface area contributed by atoms with Crippen molar-refractivity contribution < 1.29 is 14.3 Å². The molecule has 0 aliphatic carbocycles. The first-order valence-electron chi connectivity index (χ1n) is 9.55. The molecule has 146 valence electrons. The summed E-state index contributed by atoms with van der Waals surface area (Å²) in [5.41, 5.74) is 1.14. The molecule has 3 aromatic rings. The highest BCUT2D eigenvalue weighted by Crippen LogP contribution is 2.25. The Labute approximate surface area is 166 Å². The topological polar surface area (TPSA) is 47.6 Å². The van der Waals surface area contributed by atoms with E-state index in [9.17, 15) is 4.79 Å². The Morgan fingerprint density at radius 3 is 2.39 bits per heavy atom. The molecule has 0 atom stereocenters. The average Bonchev–Trinajstić information content (AvgIpc) is 2.66. The second kappa shape index (κ2) is 8.34. The zero-order valence-electron chi connectivity index (χ0n) is 16.9. The molecule has 0 heterocycles. The number of nitrogens with one attached hydrogen (secondary N) is 1. The molecule has 0 aliphatic rings. The Kier molecular flexibility index (Phi) is 5.88. The maximum Gasteiger partial charge on any atom is 0.251 e. The van der Waals surface area contributed by atoms with Gasteiger partial charge in [-0.3, -0.25) is 4.79 Å². The number of carbonyl (C=O) groups excluding carboxylic acids is 1. The smallest absolute Gasteiger partial charge is 0.251 e. The van der Waals surface area contributed by atoms with Crippen LogP contribution in [0.15, 0.2) is 60.7 Å². The number of fused-ring (bicyclic) bond motifs is 1. The lowest BCUT2D eigenvalue weighted by molar-refractivity contribution is 0.0919. The number of ether oxygens (including phenoxy) is 2. The Hall–Kier alpha value is -3.01. The molecule has 0 radical (unpaired) electrons. The maximum atomic E-state index is 12.5. The van der Waals surface area contributed by atoms with Crippen LogP contribution in [0.1, 0.15) is 43.6 Å². The SMILES string of the molecule is CCOc1ccc(C(=O)NC(C)(C)C)cc1COc1ccc2ccccc2c1. The van der Waals surface area contributed by atoms with Gasteiger partial charge in [-0.05, 0) is 68.8 Å². The minimum atomic E-state index is -0.294. The minimum absolute atomic E-state index is 0.109. The summed E-state index contributed by atoms with van der Waals surface area (Å²) in [5.74, 6) is 1.41. The first kappa shape index (κ1) is 19.7. The van der Waals surface area contributed by atoms with Crippen molar-refractivity contribution in [3.8, 4) is 11.5 Å². The van der Waals surface area contributed by atoms with Gasteiger partial charge >= 0.3 is 0 Å². The van der Waals surface area contributed by atoms with Crippen LogP contribution in [0.4, 0.5) is 0 Å². The first-order chi connectivity index (χ1) is 13.4. The Balaban J connectivity index is 1.81. The van der Waals surface area contributed by atoms with Gasteiger partial charge in [-0.15, -0.1) is 0 Å². The average molecular weight is 377 g/mol. The van der Waals surface area contributed by atoms with Gasteiger partial charge < -0.3 is 14.8 Å². The molecule has 0 unspecified atom stereocenters. The summed E-state index contributed by atoms with van der Waals surface area (Å²) >= 11 is 0. The number of hydrogen-bond acceptors (Lipinski definition) is 3. The van der Waals surface area contributed by atoms with E-state index in [0.717, 1.165) is 22.4 Å². The van der Waals surface area contributed by atoms with E-state index in [1.807, 2.05) is 70.2 Å². The quantitative estimate of drug-likeness (QED) is 0.630. The monoisotopic (exact) mass is 377 g/mol. The number of rotatable bonds is 6. The van der Waals surface area contributed by atoms with Crippen LogP contribution in [0.25, 0.3) is 10.8 Å². The molecule has 0 fully saturated rings. The lowest BCUT2D eigenvalue weighted by Crippen LogP contribution is -2.40. The van der Waals surface area contributed by atoms with Crippen molar-refractivity contribution in [2.75, 3.05) is 6.61 Å². The maximum absolute atomic E-state index is 12.5. The number of hydrogen-bond donors (Lipinski definition) is 1. The molecule has 0 saturated heterocycles. The van der Waals surface area contributed by atoms with E-state index in [4.69, 9.17) is 9.47 Å². The molecule has 1 amide bonds. The van der Waals surface area contributed by atoms with Crippen LogP contribution in [0.3, 0.4) is 0 Å². The molecule has 0 aromatic heterocycles. The highest BCUT2D eigenvalue weighted by molar-refractivity contribution is 5.95. The zero-order valence-corrected chi connectivity index (χ0v) is 16.9. The molecule has 4 nitrogen and oxygen atoms in total. The van der Waals surface area contributed by atoms with Gasteiger partial charge in [0.05, 0.1) is 6.61 Å². The third kappa shape index (κ3) is 5.03. The third-order valence-corrected chi connectivity index (χ3v) is 4.23. The largest absolute Gasteiger partial charge is 0.493 e. The molecule has 4 heteroatoms. The van der Waals surface area contributed by atoms with Crippen LogP contribution in [-0.2, 0) is 6.61 Å². The van der Waals surface area contributed by atoms with E-state index in [1.165, 1.54) is 5.39 Å². The molecule has 3 rings (SSSR count). The third-order valence-electron chi connectivity index (χ3n) is 4.23. The fourth-order valence-corrected chi connectivity index (χ4v) is 2.96. The van der Waals surface area contributed by atoms with E-state index in [0.29, 0.717) is 18.8 Å². The predicted octanol–water partition coefficient (Wildman–Crippen LogP) is 5.35. The number of amides is 1. The molecule has 0 aliphatic heterocycles. The predicted molar refractivity (Wildman–Crippen MR) is 113 cm³/mol. The highest BCUT2D eigenvalue weighted by atomic mass is 16.5. The van der Waals surface area contributed by atoms with Crippen molar-refractivity contribution in [2.45, 2.75) is 39.8 Å². The van der Waals surface area contributed by atoms with E-state index in [1.54, 1.807) is 6.07 Å². The van der Waals surface area contributed by atoms with Crippen LogP contribution in [0, 0.1) is 0 Å². The van der Waals surface area contributed by atoms with Crippen LogP contribution in [-0.4, -0.2) is 18.1 Å². The van der Waals surface area contributed by atoms with E-state index >= 15 is 0 Å². The summed E-state index contributed by atoms with van der Waals surface area (Å²) in [6, 6.07) is 19.6. The zero-order chi connectivity index (χ0) is 20.1. The summed E-state index contributed by atoms with van der Waals surface area (Å²) in [5, 5.41) is 5.29. The van der Waals surface area contributed by atoms with Crippen LogP contribution < -0.4 is 14.8 Å². The van der Waals surface area contributed by atoms with Gasteiger partial charge in [0, 0.05) is 16.7 Å². The number of carbonyl (C=O) groups is 1. The molecular formula is C24H27NO3. The van der Waals surface area contributed by atoms with Gasteiger partial charge in [-0.25, -0.2) is 0 Å². The summed E-state index contributed by atoms with van der Waals surface area (Å²) in [7, 11) is 0.